The molecule has 1 unspecified atom stereocenters. The first-order valence-corrected chi connectivity index (χ1v) is 7.12. The Bertz CT molecular complexity index is 351. The normalized spacial score (nSPS) is 12.1. The fourth-order valence-corrected chi connectivity index (χ4v) is 2.26. The van der Waals surface area contributed by atoms with Crippen molar-refractivity contribution in [3.63, 3.8) is 0 Å². The molecule has 0 fully saturated rings. The van der Waals surface area contributed by atoms with Gasteiger partial charge in [-0.25, -0.2) is 0 Å². The third-order valence-electron chi connectivity index (χ3n) is 3.06. The molecule has 0 heterocycles. The number of anilines is 1. The van der Waals surface area contributed by atoms with Gasteiger partial charge in [0.2, 0.25) is 0 Å². The van der Waals surface area contributed by atoms with Crippen molar-refractivity contribution in [1.82, 2.24) is 0 Å². The number of para-hydroxylation sites is 1. The Morgan fingerprint density at radius 1 is 1.33 bits per heavy atom. The molecule has 2 nitrogen and oxygen atoms in total. The summed E-state index contributed by atoms with van der Waals surface area (Å²) in [6, 6.07) is 10.5. The molecule has 0 amide bonds. The van der Waals surface area contributed by atoms with Crippen LogP contribution in [0.4, 0.5) is 5.69 Å². The highest BCUT2D eigenvalue weighted by Crippen LogP contribution is 2.17. The van der Waals surface area contributed by atoms with Crippen molar-refractivity contribution < 1.29 is 0 Å². The molecule has 18 heavy (non-hydrogen) atoms. The monoisotopic (exact) mass is 264 g/mol. The standard InChI is InChI=1S/C15H24N2S/c1-3-7-13(2)12-17(11-10-15(16)18)14-8-5-4-6-9-14/h4-6,8-9,13H,3,7,10-12H2,1-2H3,(H2,16,18). The van der Waals surface area contributed by atoms with Crippen LogP contribution < -0.4 is 10.6 Å². The van der Waals surface area contributed by atoms with E-state index in [-0.39, 0.29) is 0 Å². The second-order valence-electron chi connectivity index (χ2n) is 4.89. The first kappa shape index (κ1) is 15.0. The van der Waals surface area contributed by atoms with Crippen LogP contribution in [-0.4, -0.2) is 18.1 Å². The van der Waals surface area contributed by atoms with Crippen LogP contribution >= 0.6 is 12.2 Å². The van der Waals surface area contributed by atoms with E-state index in [1.165, 1.54) is 18.5 Å². The quantitative estimate of drug-likeness (QED) is 0.727. The van der Waals surface area contributed by atoms with Gasteiger partial charge in [0.05, 0.1) is 4.99 Å². The van der Waals surface area contributed by atoms with Crippen molar-refractivity contribution in [1.29, 1.82) is 0 Å². The number of nitrogens with two attached hydrogens (primary N) is 1. The largest absolute Gasteiger partial charge is 0.393 e. The highest BCUT2D eigenvalue weighted by atomic mass is 32.1. The average molecular weight is 264 g/mol. The molecule has 100 valence electrons. The third-order valence-corrected chi connectivity index (χ3v) is 3.27. The van der Waals surface area contributed by atoms with Gasteiger partial charge in [-0.15, -0.1) is 0 Å². The van der Waals surface area contributed by atoms with E-state index in [0.717, 1.165) is 19.5 Å². The summed E-state index contributed by atoms with van der Waals surface area (Å²) in [6.45, 7) is 6.52. The fraction of sp³-hybridized carbons (Fsp3) is 0.533. The average Bonchev–Trinajstić information content (AvgIpc) is 2.35. The zero-order valence-corrected chi connectivity index (χ0v) is 12.2. The van der Waals surface area contributed by atoms with Gasteiger partial charge in [0.25, 0.3) is 0 Å². The molecule has 1 aromatic carbocycles. The van der Waals surface area contributed by atoms with E-state index in [1.54, 1.807) is 0 Å². The minimum Gasteiger partial charge on any atom is -0.393 e. The van der Waals surface area contributed by atoms with Gasteiger partial charge in [-0.1, -0.05) is 50.7 Å². The molecule has 0 aliphatic carbocycles. The number of hydrogen-bond acceptors (Lipinski definition) is 2. The molecule has 0 aromatic heterocycles. The second-order valence-corrected chi connectivity index (χ2v) is 5.42. The molecule has 0 bridgehead atoms. The zero-order chi connectivity index (χ0) is 13.4. The predicted octanol–water partition coefficient (Wildman–Crippen LogP) is 3.61. The van der Waals surface area contributed by atoms with Gasteiger partial charge in [-0.05, 0) is 24.5 Å². The van der Waals surface area contributed by atoms with E-state index in [1.807, 2.05) is 6.07 Å². The van der Waals surface area contributed by atoms with Gasteiger partial charge in [0.15, 0.2) is 0 Å². The van der Waals surface area contributed by atoms with Crippen molar-refractivity contribution in [2.75, 3.05) is 18.0 Å². The van der Waals surface area contributed by atoms with E-state index in [9.17, 15) is 0 Å². The Labute approximate surface area is 116 Å². The van der Waals surface area contributed by atoms with Crippen LogP contribution in [0, 0.1) is 5.92 Å². The first-order chi connectivity index (χ1) is 8.63. The minimum atomic E-state index is 0.596. The van der Waals surface area contributed by atoms with Crippen molar-refractivity contribution >= 4 is 22.9 Å². The Morgan fingerprint density at radius 2 is 2.00 bits per heavy atom. The lowest BCUT2D eigenvalue weighted by molar-refractivity contribution is 0.513. The van der Waals surface area contributed by atoms with E-state index < -0.39 is 0 Å². The predicted molar refractivity (Wildman–Crippen MR) is 84.1 cm³/mol. The molecule has 1 aromatic rings. The fourth-order valence-electron chi connectivity index (χ4n) is 2.17. The molecule has 0 aliphatic heterocycles. The molecule has 0 saturated heterocycles. The summed E-state index contributed by atoms with van der Waals surface area (Å²) in [5, 5.41) is 0. The SMILES string of the molecule is CCCC(C)CN(CCC(N)=S)c1ccccc1. The lowest BCUT2D eigenvalue weighted by Crippen LogP contribution is -2.31. The lowest BCUT2D eigenvalue weighted by Gasteiger charge is -2.27. The van der Waals surface area contributed by atoms with Crippen LogP contribution in [0.5, 0.6) is 0 Å². The molecular weight excluding hydrogens is 240 g/mol. The zero-order valence-electron chi connectivity index (χ0n) is 11.4. The van der Waals surface area contributed by atoms with Crippen LogP contribution in [0.15, 0.2) is 30.3 Å². The number of nitrogens with zero attached hydrogens (tertiary/aromatic N) is 1. The molecule has 3 heteroatoms. The van der Waals surface area contributed by atoms with E-state index >= 15 is 0 Å². The van der Waals surface area contributed by atoms with Crippen molar-refractivity contribution in [2.45, 2.75) is 33.1 Å². The number of rotatable bonds is 8. The molecule has 0 aliphatic rings. The van der Waals surface area contributed by atoms with Crippen LogP contribution in [0.3, 0.4) is 0 Å². The molecule has 1 atom stereocenters. The van der Waals surface area contributed by atoms with Crippen molar-refractivity contribution in [3.8, 4) is 0 Å². The summed E-state index contributed by atoms with van der Waals surface area (Å²) in [4.78, 5) is 2.98. The smallest absolute Gasteiger partial charge is 0.0745 e. The third kappa shape index (κ3) is 5.50. The maximum absolute atomic E-state index is 5.61. The van der Waals surface area contributed by atoms with Gasteiger partial charge < -0.3 is 10.6 Å². The van der Waals surface area contributed by atoms with Gasteiger partial charge >= 0.3 is 0 Å². The minimum absolute atomic E-state index is 0.596. The van der Waals surface area contributed by atoms with E-state index in [4.69, 9.17) is 18.0 Å². The summed E-state index contributed by atoms with van der Waals surface area (Å²) < 4.78 is 0. The van der Waals surface area contributed by atoms with Crippen LogP contribution in [0.2, 0.25) is 0 Å². The van der Waals surface area contributed by atoms with Crippen LogP contribution in [0.1, 0.15) is 33.1 Å². The van der Waals surface area contributed by atoms with E-state index in [2.05, 4.69) is 43.0 Å². The summed E-state index contributed by atoms with van der Waals surface area (Å²) >= 11 is 4.98. The second kappa shape index (κ2) is 8.09. The Morgan fingerprint density at radius 3 is 2.56 bits per heavy atom. The van der Waals surface area contributed by atoms with Gasteiger partial charge in [0.1, 0.15) is 0 Å². The Balaban J connectivity index is 2.66. The number of thiocarbonyl (C=S) groups is 1. The molecule has 0 spiro atoms. The highest BCUT2D eigenvalue weighted by Gasteiger charge is 2.10. The topological polar surface area (TPSA) is 29.3 Å². The van der Waals surface area contributed by atoms with Crippen LogP contribution in [-0.2, 0) is 0 Å². The van der Waals surface area contributed by atoms with Gasteiger partial charge in [-0.2, -0.15) is 0 Å². The first-order valence-electron chi connectivity index (χ1n) is 6.71. The molecule has 0 radical (unpaired) electrons. The Kier molecular flexibility index (Phi) is 6.73. The van der Waals surface area contributed by atoms with Crippen molar-refractivity contribution in [3.05, 3.63) is 30.3 Å². The highest BCUT2D eigenvalue weighted by molar-refractivity contribution is 7.80. The van der Waals surface area contributed by atoms with Gasteiger partial charge in [0, 0.05) is 25.2 Å². The molecule has 2 N–H and O–H groups in total. The maximum atomic E-state index is 5.61. The van der Waals surface area contributed by atoms with E-state index in [0.29, 0.717) is 10.9 Å². The number of benzene rings is 1. The molecule has 1 rings (SSSR count). The summed E-state index contributed by atoms with van der Waals surface area (Å²) in [7, 11) is 0. The number of hydrogen-bond donors (Lipinski definition) is 1. The summed E-state index contributed by atoms with van der Waals surface area (Å²) in [5.41, 5.74) is 6.87. The van der Waals surface area contributed by atoms with Crippen LogP contribution in [0.25, 0.3) is 0 Å². The molecular formula is C15H24N2S. The summed E-state index contributed by atoms with van der Waals surface area (Å²) in [6.07, 6.45) is 3.28. The summed E-state index contributed by atoms with van der Waals surface area (Å²) in [5.74, 6) is 0.696. The van der Waals surface area contributed by atoms with Crippen molar-refractivity contribution in [2.24, 2.45) is 11.7 Å². The maximum Gasteiger partial charge on any atom is 0.0745 e. The molecule has 0 saturated carbocycles. The Hall–Kier alpha value is -1.09. The lowest BCUT2D eigenvalue weighted by atomic mass is 10.1. The van der Waals surface area contributed by atoms with Gasteiger partial charge in [-0.3, -0.25) is 0 Å².